The molecule has 3 heterocycles. The van der Waals surface area contributed by atoms with Crippen LogP contribution in [0.5, 0.6) is 0 Å². The number of hydrogen-bond acceptors (Lipinski definition) is 4. The first-order chi connectivity index (χ1) is 10.6. The molecule has 3 rings (SSSR count). The Labute approximate surface area is 135 Å². The summed E-state index contributed by atoms with van der Waals surface area (Å²) in [6.07, 6.45) is 0.821. The number of imidazole rings is 1. The van der Waals surface area contributed by atoms with Gasteiger partial charge in [0.1, 0.15) is 22.7 Å². The Morgan fingerprint density at radius 2 is 1.82 bits per heavy atom. The van der Waals surface area contributed by atoms with Gasteiger partial charge in [-0.2, -0.15) is 0 Å². The zero-order chi connectivity index (χ0) is 15.9. The lowest BCUT2D eigenvalue weighted by atomic mass is 10.3. The Hall–Kier alpha value is -1.88. The highest BCUT2D eigenvalue weighted by Gasteiger charge is 2.16. The van der Waals surface area contributed by atoms with Crippen molar-refractivity contribution >= 4 is 34.1 Å². The van der Waals surface area contributed by atoms with Gasteiger partial charge in [-0.1, -0.05) is 18.5 Å². The van der Waals surface area contributed by atoms with Gasteiger partial charge >= 0.3 is 0 Å². The average molecular weight is 318 g/mol. The van der Waals surface area contributed by atoms with Gasteiger partial charge < -0.3 is 4.90 Å². The monoisotopic (exact) mass is 317 g/mol. The van der Waals surface area contributed by atoms with Crippen molar-refractivity contribution < 1.29 is 0 Å². The van der Waals surface area contributed by atoms with E-state index >= 15 is 0 Å². The van der Waals surface area contributed by atoms with Gasteiger partial charge in [0, 0.05) is 19.5 Å². The highest BCUT2D eigenvalue weighted by molar-refractivity contribution is 6.33. The molecule has 0 aliphatic carbocycles. The summed E-state index contributed by atoms with van der Waals surface area (Å²) in [5.41, 5.74) is 3.36. The second-order valence-corrected chi connectivity index (χ2v) is 5.60. The first-order valence-electron chi connectivity index (χ1n) is 7.69. The van der Waals surface area contributed by atoms with Crippen LogP contribution < -0.4 is 4.90 Å². The first-order valence-corrected chi connectivity index (χ1v) is 8.07. The van der Waals surface area contributed by atoms with E-state index in [1.54, 1.807) is 0 Å². The van der Waals surface area contributed by atoms with E-state index in [1.165, 1.54) is 0 Å². The molecular formula is C16H20ClN5. The standard InChI is InChI=1S/C16H20ClN5/c1-5-12-18-10(4)14-15(17)19-11-8-9-13(21(6-2)7-3)20-16(11)22(12)14/h8-9H,5-7H2,1-4H3. The molecule has 0 radical (unpaired) electrons. The maximum atomic E-state index is 6.36. The summed E-state index contributed by atoms with van der Waals surface area (Å²) in [4.78, 5) is 16.2. The van der Waals surface area contributed by atoms with Gasteiger partial charge in [0.05, 0.1) is 5.69 Å². The van der Waals surface area contributed by atoms with Crippen LogP contribution >= 0.6 is 11.6 Å². The minimum atomic E-state index is 0.481. The number of aryl methyl sites for hydroxylation is 2. The van der Waals surface area contributed by atoms with Gasteiger partial charge in [-0.15, -0.1) is 0 Å². The number of anilines is 1. The minimum absolute atomic E-state index is 0.481. The first kappa shape index (κ1) is 15.0. The van der Waals surface area contributed by atoms with E-state index in [2.05, 4.69) is 35.6 Å². The predicted octanol–water partition coefficient (Wildman–Crippen LogP) is 3.65. The largest absolute Gasteiger partial charge is 0.357 e. The highest BCUT2D eigenvalue weighted by atomic mass is 35.5. The normalized spacial score (nSPS) is 11.5. The van der Waals surface area contributed by atoms with E-state index in [9.17, 15) is 0 Å². The Balaban J connectivity index is 2.39. The highest BCUT2D eigenvalue weighted by Crippen LogP contribution is 2.26. The molecule has 0 spiro atoms. The molecule has 5 nitrogen and oxygen atoms in total. The second kappa shape index (κ2) is 5.72. The molecule has 0 amide bonds. The molecule has 0 aliphatic rings. The number of nitrogens with zero attached hydrogens (tertiary/aromatic N) is 5. The van der Waals surface area contributed by atoms with E-state index in [0.29, 0.717) is 5.15 Å². The molecule has 0 N–H and O–H groups in total. The SMILES string of the molecule is CCc1nc(C)c2c(Cl)nc3ccc(N(CC)CC)nc3n12. The lowest BCUT2D eigenvalue weighted by molar-refractivity contribution is 0.845. The number of fused-ring (bicyclic) bond motifs is 3. The van der Waals surface area contributed by atoms with Crippen molar-refractivity contribution in [3.05, 3.63) is 28.8 Å². The van der Waals surface area contributed by atoms with Crippen LogP contribution in [0.15, 0.2) is 12.1 Å². The third-order valence-electron chi connectivity index (χ3n) is 3.99. The number of hydrogen-bond donors (Lipinski definition) is 0. The fourth-order valence-electron chi connectivity index (χ4n) is 2.86. The fraction of sp³-hybridized carbons (Fsp3) is 0.438. The third-order valence-corrected chi connectivity index (χ3v) is 4.25. The van der Waals surface area contributed by atoms with E-state index < -0.39 is 0 Å². The van der Waals surface area contributed by atoms with Crippen LogP contribution in [0.25, 0.3) is 16.7 Å². The van der Waals surface area contributed by atoms with Crippen LogP contribution in [0.4, 0.5) is 5.82 Å². The van der Waals surface area contributed by atoms with E-state index in [1.807, 2.05) is 23.5 Å². The topological polar surface area (TPSA) is 46.3 Å². The molecule has 0 aromatic carbocycles. The summed E-state index contributed by atoms with van der Waals surface area (Å²) >= 11 is 6.36. The Bertz CT molecular complexity index is 836. The number of rotatable bonds is 4. The smallest absolute Gasteiger partial charge is 0.167 e. The molecule has 22 heavy (non-hydrogen) atoms. The van der Waals surface area contributed by atoms with Crippen molar-refractivity contribution in [2.45, 2.75) is 34.1 Å². The van der Waals surface area contributed by atoms with Gasteiger partial charge in [-0.3, -0.25) is 4.40 Å². The van der Waals surface area contributed by atoms with Crippen LogP contribution in [0.2, 0.25) is 5.15 Å². The molecule has 0 aliphatic heterocycles. The third kappa shape index (κ3) is 2.20. The zero-order valence-electron chi connectivity index (χ0n) is 13.4. The number of pyridine rings is 1. The molecule has 0 saturated heterocycles. The molecule has 0 atom stereocenters. The average Bonchev–Trinajstić information content (AvgIpc) is 2.87. The van der Waals surface area contributed by atoms with Crippen molar-refractivity contribution in [1.29, 1.82) is 0 Å². The molecule has 0 fully saturated rings. The van der Waals surface area contributed by atoms with Crippen molar-refractivity contribution in [1.82, 2.24) is 19.4 Å². The van der Waals surface area contributed by atoms with Gasteiger partial charge in [0.25, 0.3) is 0 Å². The van der Waals surface area contributed by atoms with E-state index in [-0.39, 0.29) is 0 Å². The maximum absolute atomic E-state index is 6.36. The quantitative estimate of drug-likeness (QED) is 0.737. The van der Waals surface area contributed by atoms with Crippen molar-refractivity contribution in [3.8, 4) is 0 Å². The number of halogens is 1. The van der Waals surface area contributed by atoms with Crippen LogP contribution in [-0.4, -0.2) is 32.4 Å². The fourth-order valence-corrected chi connectivity index (χ4v) is 3.17. The van der Waals surface area contributed by atoms with Gasteiger partial charge in [0.15, 0.2) is 10.8 Å². The summed E-state index contributed by atoms with van der Waals surface area (Å²) in [5, 5.41) is 0.481. The van der Waals surface area contributed by atoms with E-state index in [4.69, 9.17) is 16.6 Å². The van der Waals surface area contributed by atoms with Crippen LogP contribution in [0.1, 0.15) is 32.3 Å². The van der Waals surface area contributed by atoms with Gasteiger partial charge in [-0.05, 0) is 32.9 Å². The molecular weight excluding hydrogens is 298 g/mol. The Morgan fingerprint density at radius 1 is 1.09 bits per heavy atom. The summed E-state index contributed by atoms with van der Waals surface area (Å²) in [6, 6.07) is 3.98. The molecule has 0 unspecified atom stereocenters. The molecule has 116 valence electrons. The predicted molar refractivity (Wildman–Crippen MR) is 91.0 cm³/mol. The number of aromatic nitrogens is 4. The van der Waals surface area contributed by atoms with Crippen molar-refractivity contribution in [3.63, 3.8) is 0 Å². The second-order valence-electron chi connectivity index (χ2n) is 5.24. The molecule has 0 saturated carbocycles. The molecule has 3 aromatic heterocycles. The lowest BCUT2D eigenvalue weighted by Crippen LogP contribution is -2.23. The minimum Gasteiger partial charge on any atom is -0.357 e. The van der Waals surface area contributed by atoms with E-state index in [0.717, 1.165) is 53.5 Å². The summed E-state index contributed by atoms with van der Waals surface area (Å²) < 4.78 is 2.05. The summed E-state index contributed by atoms with van der Waals surface area (Å²) in [5.74, 6) is 1.92. The van der Waals surface area contributed by atoms with Crippen LogP contribution in [-0.2, 0) is 6.42 Å². The summed E-state index contributed by atoms with van der Waals surface area (Å²) in [6.45, 7) is 10.1. The zero-order valence-corrected chi connectivity index (χ0v) is 14.1. The van der Waals surface area contributed by atoms with Gasteiger partial charge in [0.2, 0.25) is 0 Å². The summed E-state index contributed by atoms with van der Waals surface area (Å²) in [7, 11) is 0. The Kier molecular flexibility index (Phi) is 3.91. The molecule has 3 aromatic rings. The lowest BCUT2D eigenvalue weighted by Gasteiger charge is -2.20. The molecule has 6 heteroatoms. The molecule has 0 bridgehead atoms. The van der Waals surface area contributed by atoms with Crippen molar-refractivity contribution in [2.75, 3.05) is 18.0 Å². The van der Waals surface area contributed by atoms with Crippen LogP contribution in [0.3, 0.4) is 0 Å². The Morgan fingerprint density at radius 3 is 2.45 bits per heavy atom. The maximum Gasteiger partial charge on any atom is 0.167 e. The van der Waals surface area contributed by atoms with Crippen molar-refractivity contribution in [2.24, 2.45) is 0 Å². The van der Waals surface area contributed by atoms with Crippen LogP contribution in [0, 0.1) is 6.92 Å². The van der Waals surface area contributed by atoms with Gasteiger partial charge in [-0.25, -0.2) is 15.0 Å².